The van der Waals surface area contributed by atoms with Crippen LogP contribution in [0.2, 0.25) is 0 Å². The number of nitrogen functional groups attached to an aromatic ring is 1. The molecule has 0 fully saturated rings. The zero-order valence-electron chi connectivity index (χ0n) is 11.2. The summed E-state index contributed by atoms with van der Waals surface area (Å²) < 4.78 is 0. The average molecular weight is 309 g/mol. The Balaban J connectivity index is 0. The minimum absolute atomic E-state index is 0. The molecule has 0 unspecified atom stereocenters. The van der Waals surface area contributed by atoms with Gasteiger partial charge in [-0.05, 0) is 25.0 Å². The number of halogens is 2. The molecule has 0 aliphatic heterocycles. The summed E-state index contributed by atoms with van der Waals surface area (Å²) in [6.45, 7) is 4.28. The highest BCUT2D eigenvalue weighted by Crippen LogP contribution is 2.26. The second kappa shape index (κ2) is 8.96. The zero-order chi connectivity index (χ0) is 12.9. The summed E-state index contributed by atoms with van der Waals surface area (Å²) in [5, 5.41) is 2.83. The van der Waals surface area contributed by atoms with E-state index >= 15 is 0 Å². The molecule has 0 radical (unpaired) electrons. The van der Waals surface area contributed by atoms with Gasteiger partial charge in [-0.15, -0.1) is 24.8 Å². The third-order valence-corrected chi connectivity index (χ3v) is 3.27. The van der Waals surface area contributed by atoms with Crippen molar-refractivity contribution in [3.8, 4) is 0 Å². The van der Waals surface area contributed by atoms with Gasteiger partial charge in [0, 0.05) is 6.54 Å². The molecule has 1 heterocycles. The first-order valence-electron chi connectivity index (χ1n) is 5.81. The van der Waals surface area contributed by atoms with Crippen LogP contribution in [0.3, 0.4) is 0 Å². The predicted molar refractivity (Wildman–Crippen MR) is 83.8 cm³/mol. The van der Waals surface area contributed by atoms with Crippen LogP contribution in [-0.4, -0.2) is 17.4 Å². The first-order valence-corrected chi connectivity index (χ1v) is 5.81. The van der Waals surface area contributed by atoms with E-state index in [4.69, 9.17) is 11.5 Å². The molecule has 0 saturated carbocycles. The highest BCUT2D eigenvalue weighted by atomic mass is 35.5. The number of anilines is 2. The molecule has 0 spiro atoms. The molecule has 0 aliphatic carbocycles. The molecule has 1 amide bonds. The van der Waals surface area contributed by atoms with Crippen LogP contribution < -0.4 is 16.8 Å². The summed E-state index contributed by atoms with van der Waals surface area (Å²) in [4.78, 5) is 16.1. The van der Waals surface area contributed by atoms with Crippen molar-refractivity contribution in [3.05, 3.63) is 18.3 Å². The van der Waals surface area contributed by atoms with Crippen molar-refractivity contribution in [3.63, 3.8) is 0 Å². The van der Waals surface area contributed by atoms with Gasteiger partial charge in [0.25, 0.3) is 0 Å². The van der Waals surface area contributed by atoms with E-state index in [1.165, 1.54) is 0 Å². The maximum atomic E-state index is 12.2. The Bertz CT molecular complexity index is 372. The van der Waals surface area contributed by atoms with E-state index in [-0.39, 0.29) is 30.7 Å². The van der Waals surface area contributed by atoms with Crippen molar-refractivity contribution in [2.75, 3.05) is 17.6 Å². The van der Waals surface area contributed by atoms with Crippen molar-refractivity contribution in [1.29, 1.82) is 0 Å². The molecule has 0 bridgehead atoms. The van der Waals surface area contributed by atoms with Crippen molar-refractivity contribution in [1.82, 2.24) is 4.98 Å². The van der Waals surface area contributed by atoms with Crippen molar-refractivity contribution < 1.29 is 4.79 Å². The van der Waals surface area contributed by atoms with Crippen molar-refractivity contribution >= 4 is 42.2 Å². The van der Waals surface area contributed by atoms with E-state index in [0.29, 0.717) is 30.9 Å². The topological polar surface area (TPSA) is 94.0 Å². The molecule has 5 nitrogen and oxygen atoms in total. The fourth-order valence-corrected chi connectivity index (χ4v) is 1.70. The van der Waals surface area contributed by atoms with Gasteiger partial charge in [0.05, 0.1) is 17.3 Å². The molecule has 1 rings (SSSR count). The molecule has 1 aromatic heterocycles. The average Bonchev–Trinajstić information content (AvgIpc) is 2.35. The molecule has 0 aliphatic rings. The summed E-state index contributed by atoms with van der Waals surface area (Å²) in [6.07, 6.45) is 2.97. The van der Waals surface area contributed by atoms with Crippen LogP contribution in [0.1, 0.15) is 26.7 Å². The maximum absolute atomic E-state index is 12.2. The lowest BCUT2D eigenvalue weighted by Gasteiger charge is -2.28. The van der Waals surface area contributed by atoms with Gasteiger partial charge in [-0.1, -0.05) is 13.8 Å². The smallest absolute Gasteiger partial charge is 0.231 e. The number of nitrogens with one attached hydrogen (secondary N) is 1. The molecule has 110 valence electrons. The van der Waals surface area contributed by atoms with Gasteiger partial charge in [-0.3, -0.25) is 4.79 Å². The summed E-state index contributed by atoms with van der Waals surface area (Å²) in [7, 11) is 0. The molecule has 0 atom stereocenters. The molecule has 19 heavy (non-hydrogen) atoms. The lowest BCUT2D eigenvalue weighted by atomic mass is 9.81. The molecule has 1 aromatic rings. The third-order valence-electron chi connectivity index (χ3n) is 3.27. The molecular formula is C12H22Cl2N4O. The molecule has 5 N–H and O–H groups in total. The van der Waals surface area contributed by atoms with Crippen LogP contribution in [0.4, 0.5) is 11.5 Å². The zero-order valence-corrected chi connectivity index (χ0v) is 12.8. The highest BCUT2D eigenvalue weighted by Gasteiger charge is 2.33. The number of rotatable bonds is 5. The lowest BCUT2D eigenvalue weighted by Crippen LogP contribution is -2.41. The standard InChI is InChI=1S/C12H20N4O.2ClH/c1-3-12(4-2,8-13)11(17)16-9-5-6-10(14)15-7-9;;/h5-7H,3-4,8,13H2,1-2H3,(H2,14,15)(H,16,17);2*1H. The van der Waals surface area contributed by atoms with Gasteiger partial charge in [-0.2, -0.15) is 0 Å². The second-order valence-electron chi connectivity index (χ2n) is 4.12. The fraction of sp³-hybridized carbons (Fsp3) is 0.500. The first kappa shape index (κ1) is 20.3. The summed E-state index contributed by atoms with van der Waals surface area (Å²) in [6, 6.07) is 3.38. The number of hydrogen-bond acceptors (Lipinski definition) is 4. The first-order chi connectivity index (χ1) is 8.07. The molecular weight excluding hydrogens is 287 g/mol. The van der Waals surface area contributed by atoms with E-state index < -0.39 is 5.41 Å². The van der Waals surface area contributed by atoms with E-state index in [9.17, 15) is 4.79 Å². The Hall–Kier alpha value is -1.04. The Morgan fingerprint density at radius 3 is 2.26 bits per heavy atom. The fourth-order valence-electron chi connectivity index (χ4n) is 1.70. The SMILES string of the molecule is CCC(CC)(CN)C(=O)Nc1ccc(N)nc1.Cl.Cl. The highest BCUT2D eigenvalue weighted by molar-refractivity contribution is 5.95. The Labute approximate surface area is 126 Å². The van der Waals surface area contributed by atoms with Crippen LogP contribution in [0.15, 0.2) is 18.3 Å². The van der Waals surface area contributed by atoms with Gasteiger partial charge in [0.2, 0.25) is 5.91 Å². The number of nitrogens with zero attached hydrogens (tertiary/aromatic N) is 1. The third kappa shape index (κ3) is 4.86. The number of pyridine rings is 1. The normalized spacial score (nSPS) is 10.1. The minimum atomic E-state index is -0.499. The number of aromatic nitrogens is 1. The number of hydrogen-bond donors (Lipinski definition) is 3. The van der Waals surface area contributed by atoms with Gasteiger partial charge < -0.3 is 16.8 Å². The summed E-state index contributed by atoms with van der Waals surface area (Å²) >= 11 is 0. The van der Waals surface area contributed by atoms with Gasteiger partial charge in [0.15, 0.2) is 0 Å². The minimum Gasteiger partial charge on any atom is -0.384 e. The van der Waals surface area contributed by atoms with Crippen LogP contribution in [0.25, 0.3) is 0 Å². The monoisotopic (exact) mass is 308 g/mol. The number of carbonyl (C=O) groups is 1. The van der Waals surface area contributed by atoms with Crippen LogP contribution in [-0.2, 0) is 4.79 Å². The van der Waals surface area contributed by atoms with Crippen LogP contribution >= 0.6 is 24.8 Å². The molecule has 0 aromatic carbocycles. The lowest BCUT2D eigenvalue weighted by molar-refractivity contribution is -0.125. The maximum Gasteiger partial charge on any atom is 0.231 e. The van der Waals surface area contributed by atoms with Crippen molar-refractivity contribution in [2.24, 2.45) is 11.1 Å². The van der Waals surface area contributed by atoms with E-state index in [2.05, 4.69) is 10.3 Å². The Morgan fingerprint density at radius 2 is 1.89 bits per heavy atom. The number of carbonyl (C=O) groups excluding carboxylic acids is 1. The van der Waals surface area contributed by atoms with Gasteiger partial charge >= 0.3 is 0 Å². The summed E-state index contributed by atoms with van der Waals surface area (Å²) in [5.74, 6) is 0.371. The molecule has 0 saturated heterocycles. The van der Waals surface area contributed by atoms with Crippen LogP contribution in [0.5, 0.6) is 0 Å². The van der Waals surface area contributed by atoms with E-state index in [1.807, 2.05) is 13.8 Å². The molecule has 7 heteroatoms. The van der Waals surface area contributed by atoms with Gasteiger partial charge in [0.1, 0.15) is 5.82 Å². The quantitative estimate of drug-likeness (QED) is 0.777. The largest absolute Gasteiger partial charge is 0.384 e. The number of nitrogens with two attached hydrogens (primary N) is 2. The van der Waals surface area contributed by atoms with Crippen molar-refractivity contribution in [2.45, 2.75) is 26.7 Å². The predicted octanol–water partition coefficient (Wildman–Crippen LogP) is 2.21. The summed E-state index contributed by atoms with van der Waals surface area (Å²) in [5.41, 5.74) is 11.3. The Morgan fingerprint density at radius 1 is 1.32 bits per heavy atom. The number of amides is 1. The van der Waals surface area contributed by atoms with E-state index in [1.54, 1.807) is 18.3 Å². The second-order valence-corrected chi connectivity index (χ2v) is 4.12. The van der Waals surface area contributed by atoms with Crippen LogP contribution in [0, 0.1) is 5.41 Å². The Kier molecular flexibility index (Phi) is 9.56. The van der Waals surface area contributed by atoms with Gasteiger partial charge in [-0.25, -0.2) is 4.98 Å². The van der Waals surface area contributed by atoms with E-state index in [0.717, 1.165) is 0 Å².